The van der Waals surface area contributed by atoms with Crippen molar-refractivity contribution >= 4 is 0 Å². The molecule has 3 aromatic heterocycles. The maximum absolute atomic E-state index is 4.74. The molecule has 0 aromatic carbocycles. The van der Waals surface area contributed by atoms with Crippen molar-refractivity contribution in [3.63, 3.8) is 0 Å². The first-order valence-electron chi connectivity index (χ1n) is 7.47. The molecule has 3 rings (SSSR count). The topological polar surface area (TPSA) is 48.5 Å². The molecule has 0 saturated carbocycles. The van der Waals surface area contributed by atoms with Gasteiger partial charge in [-0.3, -0.25) is 14.3 Å². The highest BCUT2D eigenvalue weighted by molar-refractivity contribution is 5.18. The highest BCUT2D eigenvalue weighted by atomic mass is 15.3. The highest BCUT2D eigenvalue weighted by Crippen LogP contribution is 2.10. The van der Waals surface area contributed by atoms with Gasteiger partial charge in [0, 0.05) is 11.4 Å². The Bertz CT molecular complexity index is 734. The average Bonchev–Trinajstić information content (AvgIpc) is 2.98. The fourth-order valence-corrected chi connectivity index (χ4v) is 2.41. The molecule has 0 aliphatic rings. The molecule has 0 aliphatic carbocycles. The Labute approximate surface area is 130 Å². The van der Waals surface area contributed by atoms with E-state index in [2.05, 4.69) is 44.0 Å². The van der Waals surface area contributed by atoms with Crippen LogP contribution in [0.5, 0.6) is 0 Å². The zero-order valence-corrected chi connectivity index (χ0v) is 13.5. The lowest BCUT2D eigenvalue weighted by Crippen LogP contribution is -2.09. The zero-order chi connectivity index (χ0) is 15.7. The van der Waals surface area contributed by atoms with E-state index in [4.69, 9.17) is 4.98 Å². The van der Waals surface area contributed by atoms with E-state index in [9.17, 15) is 0 Å². The van der Waals surface area contributed by atoms with E-state index >= 15 is 0 Å². The SMILES string of the molecule is Cc1cnn(Cc2cccc(Cn3ncc(C)c3C)n2)c1C. The molecule has 0 N–H and O–H groups in total. The summed E-state index contributed by atoms with van der Waals surface area (Å²) in [6, 6.07) is 6.14. The van der Waals surface area contributed by atoms with Gasteiger partial charge in [-0.2, -0.15) is 10.2 Å². The van der Waals surface area contributed by atoms with E-state index in [1.54, 1.807) is 0 Å². The van der Waals surface area contributed by atoms with E-state index < -0.39 is 0 Å². The average molecular weight is 295 g/mol. The van der Waals surface area contributed by atoms with E-state index in [0.29, 0.717) is 13.1 Å². The summed E-state index contributed by atoms with van der Waals surface area (Å²) >= 11 is 0. The second kappa shape index (κ2) is 5.75. The lowest BCUT2D eigenvalue weighted by molar-refractivity contribution is 0.628. The molecule has 5 nitrogen and oxygen atoms in total. The third-order valence-electron chi connectivity index (χ3n) is 4.19. The fraction of sp³-hybridized carbons (Fsp3) is 0.353. The molecule has 3 heterocycles. The van der Waals surface area contributed by atoms with Gasteiger partial charge in [-0.15, -0.1) is 0 Å². The first-order valence-corrected chi connectivity index (χ1v) is 7.47. The van der Waals surface area contributed by atoms with Crippen LogP contribution >= 0.6 is 0 Å². The Hall–Kier alpha value is -2.43. The molecule has 0 spiro atoms. The third kappa shape index (κ3) is 2.79. The first-order chi connectivity index (χ1) is 10.5. The Balaban J connectivity index is 1.81. The van der Waals surface area contributed by atoms with E-state index in [-0.39, 0.29) is 0 Å². The number of rotatable bonds is 4. The van der Waals surface area contributed by atoms with Crippen LogP contribution in [0.3, 0.4) is 0 Å². The molecule has 0 bridgehead atoms. The summed E-state index contributed by atoms with van der Waals surface area (Å²) in [6.45, 7) is 9.72. The normalized spacial score (nSPS) is 11.1. The van der Waals surface area contributed by atoms with Crippen molar-refractivity contribution < 1.29 is 0 Å². The van der Waals surface area contributed by atoms with Crippen LogP contribution in [0.2, 0.25) is 0 Å². The summed E-state index contributed by atoms with van der Waals surface area (Å²) in [5, 5.41) is 8.80. The van der Waals surface area contributed by atoms with E-state index in [0.717, 1.165) is 11.4 Å². The summed E-state index contributed by atoms with van der Waals surface area (Å²) in [6.07, 6.45) is 3.80. The first kappa shape index (κ1) is 14.5. The van der Waals surface area contributed by atoms with Gasteiger partial charge in [0.1, 0.15) is 0 Å². The minimum Gasteiger partial charge on any atom is -0.264 e. The van der Waals surface area contributed by atoms with Gasteiger partial charge in [0.15, 0.2) is 0 Å². The van der Waals surface area contributed by atoms with Crippen LogP contribution in [0.1, 0.15) is 33.9 Å². The zero-order valence-electron chi connectivity index (χ0n) is 13.5. The quantitative estimate of drug-likeness (QED) is 0.743. The van der Waals surface area contributed by atoms with E-state index in [1.165, 1.54) is 22.5 Å². The lowest BCUT2D eigenvalue weighted by Gasteiger charge is -2.08. The second-order valence-corrected chi connectivity index (χ2v) is 5.76. The Morgan fingerprint density at radius 1 is 0.773 bits per heavy atom. The van der Waals surface area contributed by atoms with Gasteiger partial charge in [0.25, 0.3) is 0 Å². The second-order valence-electron chi connectivity index (χ2n) is 5.76. The van der Waals surface area contributed by atoms with Gasteiger partial charge in [0.2, 0.25) is 0 Å². The van der Waals surface area contributed by atoms with Crippen molar-refractivity contribution in [2.75, 3.05) is 0 Å². The molecular formula is C17H21N5. The number of aromatic nitrogens is 5. The predicted octanol–water partition coefficient (Wildman–Crippen LogP) is 2.80. The number of nitrogens with zero attached hydrogens (tertiary/aromatic N) is 5. The summed E-state index contributed by atoms with van der Waals surface area (Å²) in [7, 11) is 0. The maximum Gasteiger partial charge on any atom is 0.0834 e. The summed E-state index contributed by atoms with van der Waals surface area (Å²) in [4.78, 5) is 4.74. The molecule has 5 heteroatoms. The lowest BCUT2D eigenvalue weighted by atomic mass is 10.2. The molecule has 0 atom stereocenters. The molecule has 0 radical (unpaired) electrons. The van der Waals surface area contributed by atoms with Gasteiger partial charge >= 0.3 is 0 Å². The minimum atomic E-state index is 0.699. The van der Waals surface area contributed by atoms with E-state index in [1.807, 2.05) is 33.9 Å². The number of hydrogen-bond acceptors (Lipinski definition) is 3. The highest BCUT2D eigenvalue weighted by Gasteiger charge is 2.07. The standard InChI is InChI=1S/C17H21N5/c1-12-8-18-21(14(12)3)10-16-6-5-7-17(20-16)11-22-15(4)13(2)9-19-22/h5-9H,10-11H2,1-4H3. The molecule has 0 saturated heterocycles. The summed E-state index contributed by atoms with van der Waals surface area (Å²) < 4.78 is 3.98. The van der Waals surface area contributed by atoms with Gasteiger partial charge in [0.05, 0.1) is 36.9 Å². The smallest absolute Gasteiger partial charge is 0.0834 e. The van der Waals surface area contributed by atoms with Crippen LogP contribution in [-0.4, -0.2) is 24.5 Å². The van der Waals surface area contributed by atoms with Crippen LogP contribution in [0.25, 0.3) is 0 Å². The van der Waals surface area contributed by atoms with Crippen LogP contribution in [0.4, 0.5) is 0 Å². The van der Waals surface area contributed by atoms with Crippen LogP contribution in [0.15, 0.2) is 30.6 Å². The molecule has 0 unspecified atom stereocenters. The Morgan fingerprint density at radius 3 is 1.59 bits per heavy atom. The van der Waals surface area contributed by atoms with Gasteiger partial charge in [-0.1, -0.05) is 6.07 Å². The number of hydrogen-bond donors (Lipinski definition) is 0. The van der Waals surface area contributed by atoms with Crippen molar-refractivity contribution in [3.05, 3.63) is 64.5 Å². The molecule has 3 aromatic rings. The third-order valence-corrected chi connectivity index (χ3v) is 4.19. The molecule has 0 aliphatic heterocycles. The largest absolute Gasteiger partial charge is 0.264 e. The summed E-state index contributed by atoms with van der Waals surface area (Å²) in [5.41, 5.74) is 6.82. The van der Waals surface area contributed by atoms with Crippen LogP contribution < -0.4 is 0 Å². The monoisotopic (exact) mass is 295 g/mol. The van der Waals surface area contributed by atoms with Crippen molar-refractivity contribution in [2.24, 2.45) is 0 Å². The fourth-order valence-electron chi connectivity index (χ4n) is 2.41. The van der Waals surface area contributed by atoms with Crippen LogP contribution in [0, 0.1) is 27.7 Å². The Morgan fingerprint density at radius 2 is 1.23 bits per heavy atom. The molecule has 0 amide bonds. The van der Waals surface area contributed by atoms with Gasteiger partial charge < -0.3 is 0 Å². The Kier molecular flexibility index (Phi) is 3.79. The molecular weight excluding hydrogens is 274 g/mol. The molecule has 114 valence electrons. The van der Waals surface area contributed by atoms with Crippen molar-refractivity contribution in [1.29, 1.82) is 0 Å². The molecule has 22 heavy (non-hydrogen) atoms. The summed E-state index contributed by atoms with van der Waals surface area (Å²) in [5.74, 6) is 0. The van der Waals surface area contributed by atoms with Crippen LogP contribution in [-0.2, 0) is 13.1 Å². The van der Waals surface area contributed by atoms with Crippen molar-refractivity contribution in [1.82, 2.24) is 24.5 Å². The molecule has 0 fully saturated rings. The number of aryl methyl sites for hydroxylation is 2. The van der Waals surface area contributed by atoms with Gasteiger partial charge in [-0.05, 0) is 51.0 Å². The predicted molar refractivity (Wildman–Crippen MR) is 85.8 cm³/mol. The maximum atomic E-state index is 4.74. The van der Waals surface area contributed by atoms with Crippen molar-refractivity contribution in [2.45, 2.75) is 40.8 Å². The number of pyridine rings is 1. The van der Waals surface area contributed by atoms with Gasteiger partial charge in [-0.25, -0.2) is 0 Å². The van der Waals surface area contributed by atoms with Crippen molar-refractivity contribution in [3.8, 4) is 0 Å². The minimum absolute atomic E-state index is 0.699.